The quantitative estimate of drug-likeness (QED) is 0.528. The second-order valence-corrected chi connectivity index (χ2v) is 2.57. The first-order chi connectivity index (χ1) is 5.27. The summed E-state index contributed by atoms with van der Waals surface area (Å²) in [5, 5.41) is 10.4. The van der Waals surface area contributed by atoms with Crippen LogP contribution in [0.25, 0.3) is 0 Å². The Morgan fingerprint density at radius 3 is 2.73 bits per heavy atom. The van der Waals surface area contributed by atoms with E-state index in [9.17, 15) is 0 Å². The summed E-state index contributed by atoms with van der Waals surface area (Å²) in [6.45, 7) is 0. The SMILES string of the molecule is S=C1N=c2[nH]nnc(=S)c2=N1. The number of aromatic nitrogens is 3. The summed E-state index contributed by atoms with van der Waals surface area (Å²) in [5.74, 6) is 0. The van der Waals surface area contributed by atoms with Gasteiger partial charge in [0.2, 0.25) is 5.11 Å². The summed E-state index contributed by atoms with van der Waals surface area (Å²) in [6.07, 6.45) is 0. The maximum Gasteiger partial charge on any atom is 0.222 e. The lowest BCUT2D eigenvalue weighted by atomic mass is 10.6. The molecular formula is C4HN5S2. The molecule has 1 aliphatic heterocycles. The van der Waals surface area contributed by atoms with E-state index in [-0.39, 0.29) is 5.11 Å². The van der Waals surface area contributed by atoms with Gasteiger partial charge in [-0.1, -0.05) is 17.4 Å². The van der Waals surface area contributed by atoms with E-state index in [1.165, 1.54) is 0 Å². The molecule has 0 unspecified atom stereocenters. The molecule has 1 aromatic heterocycles. The number of hydrogen-bond acceptors (Lipinski definition) is 4. The Bertz CT molecular complexity index is 486. The first kappa shape index (κ1) is 6.62. The van der Waals surface area contributed by atoms with Gasteiger partial charge in [-0.3, -0.25) is 0 Å². The van der Waals surface area contributed by atoms with E-state index >= 15 is 0 Å². The zero-order valence-corrected chi connectivity index (χ0v) is 6.74. The number of nitrogens with one attached hydrogen (secondary N) is 1. The maximum absolute atomic E-state index is 4.82. The minimum absolute atomic E-state index is 0.261. The van der Waals surface area contributed by atoms with Gasteiger partial charge in [0.15, 0.2) is 10.1 Å². The molecule has 1 N–H and O–H groups in total. The molecule has 7 heteroatoms. The average molecular weight is 183 g/mol. The topological polar surface area (TPSA) is 66.3 Å². The summed E-state index contributed by atoms with van der Waals surface area (Å²) in [4.78, 5) is 7.73. The van der Waals surface area contributed by atoms with Crippen molar-refractivity contribution in [1.82, 2.24) is 15.4 Å². The molecule has 0 aliphatic carbocycles. The van der Waals surface area contributed by atoms with Crippen LogP contribution in [0.1, 0.15) is 0 Å². The fourth-order valence-electron chi connectivity index (χ4n) is 0.714. The number of fused-ring (bicyclic) bond motifs is 1. The smallest absolute Gasteiger partial charge is 0.222 e. The van der Waals surface area contributed by atoms with Crippen LogP contribution in [0.3, 0.4) is 0 Å². The van der Waals surface area contributed by atoms with Gasteiger partial charge < -0.3 is 0 Å². The van der Waals surface area contributed by atoms with Crippen LogP contribution in [-0.2, 0) is 0 Å². The van der Waals surface area contributed by atoms with Crippen LogP contribution in [-0.4, -0.2) is 20.5 Å². The van der Waals surface area contributed by atoms with E-state index in [0.717, 1.165) is 0 Å². The summed E-state index contributed by atoms with van der Waals surface area (Å²) < 4.78 is 0.322. The van der Waals surface area contributed by atoms with E-state index in [0.29, 0.717) is 15.5 Å². The van der Waals surface area contributed by atoms with Gasteiger partial charge in [-0.15, -0.1) is 5.10 Å². The van der Waals surface area contributed by atoms with Crippen molar-refractivity contribution in [3.05, 3.63) is 15.5 Å². The molecule has 0 saturated heterocycles. The van der Waals surface area contributed by atoms with Crippen molar-refractivity contribution in [2.75, 3.05) is 0 Å². The van der Waals surface area contributed by atoms with Crippen LogP contribution in [0.4, 0.5) is 0 Å². The number of nitrogens with zero attached hydrogens (tertiary/aromatic N) is 4. The molecule has 0 radical (unpaired) electrons. The van der Waals surface area contributed by atoms with Gasteiger partial charge in [0.25, 0.3) is 0 Å². The summed E-state index contributed by atoms with van der Waals surface area (Å²) in [6, 6.07) is 0. The van der Waals surface area contributed by atoms with E-state index in [1.54, 1.807) is 0 Å². The third-order valence-corrected chi connectivity index (χ3v) is 1.60. The predicted molar refractivity (Wildman–Crippen MR) is 42.1 cm³/mol. The molecule has 0 atom stereocenters. The van der Waals surface area contributed by atoms with Crippen molar-refractivity contribution < 1.29 is 0 Å². The highest BCUT2D eigenvalue weighted by atomic mass is 32.1. The highest BCUT2D eigenvalue weighted by molar-refractivity contribution is 7.80. The van der Waals surface area contributed by atoms with E-state index < -0.39 is 0 Å². The Hall–Kier alpha value is -1.08. The highest BCUT2D eigenvalue weighted by Gasteiger charge is 2.02. The van der Waals surface area contributed by atoms with Crippen molar-refractivity contribution in [1.29, 1.82) is 0 Å². The molecule has 0 fully saturated rings. The Morgan fingerprint density at radius 1 is 1.18 bits per heavy atom. The molecule has 5 nitrogen and oxygen atoms in total. The molecule has 2 rings (SSSR count). The molecule has 0 spiro atoms. The van der Waals surface area contributed by atoms with Crippen molar-refractivity contribution in [3.8, 4) is 0 Å². The number of aromatic amines is 1. The number of thiocarbonyl (C=S) groups is 1. The average Bonchev–Trinajstić information content (AvgIpc) is 2.31. The van der Waals surface area contributed by atoms with Gasteiger partial charge in [0.1, 0.15) is 5.36 Å². The Kier molecular flexibility index (Phi) is 1.33. The predicted octanol–water partition coefficient (Wildman–Crippen LogP) is -0.928. The number of hydrogen-bond donors (Lipinski definition) is 1. The van der Waals surface area contributed by atoms with Crippen LogP contribution in [0.5, 0.6) is 0 Å². The van der Waals surface area contributed by atoms with Crippen LogP contribution in [0, 0.1) is 4.64 Å². The minimum Gasteiger partial charge on any atom is -0.240 e. The van der Waals surface area contributed by atoms with Crippen molar-refractivity contribution in [2.24, 2.45) is 9.98 Å². The Labute approximate surface area is 70.9 Å². The number of rotatable bonds is 0. The molecule has 0 saturated carbocycles. The lowest BCUT2D eigenvalue weighted by Crippen LogP contribution is -2.28. The number of H-pyrrole nitrogens is 1. The third kappa shape index (κ3) is 0.976. The largest absolute Gasteiger partial charge is 0.240 e. The lowest BCUT2D eigenvalue weighted by Gasteiger charge is -1.77. The van der Waals surface area contributed by atoms with Crippen LogP contribution < -0.4 is 10.8 Å². The van der Waals surface area contributed by atoms with Crippen LogP contribution in [0.15, 0.2) is 9.98 Å². The lowest BCUT2D eigenvalue weighted by molar-refractivity contribution is 0.807. The van der Waals surface area contributed by atoms with E-state index in [4.69, 9.17) is 24.4 Å². The fourth-order valence-corrected chi connectivity index (χ4v) is 1.08. The molecular weight excluding hydrogens is 182 g/mol. The zero-order chi connectivity index (χ0) is 7.84. The molecule has 2 heterocycles. The summed E-state index contributed by atoms with van der Waals surface area (Å²) in [7, 11) is 0. The van der Waals surface area contributed by atoms with Gasteiger partial charge in [-0.2, -0.15) is 4.99 Å². The fraction of sp³-hybridized carbons (Fsp3) is 0. The molecule has 1 aliphatic rings. The first-order valence-corrected chi connectivity index (χ1v) is 3.52. The third-order valence-electron chi connectivity index (χ3n) is 1.14. The second-order valence-electron chi connectivity index (χ2n) is 1.82. The monoisotopic (exact) mass is 183 g/mol. The summed E-state index contributed by atoms with van der Waals surface area (Å²) in [5.41, 5.74) is 0.495. The Morgan fingerprint density at radius 2 is 2.00 bits per heavy atom. The van der Waals surface area contributed by atoms with Gasteiger partial charge in [0, 0.05) is 0 Å². The van der Waals surface area contributed by atoms with Crippen molar-refractivity contribution in [2.45, 2.75) is 0 Å². The standard InChI is InChI=1S/C4HN5S2/c10-3-1-2(7-9-8-3)6-4(11)5-1/h(H,6,7,8,10,11). The van der Waals surface area contributed by atoms with Gasteiger partial charge in [-0.25, -0.2) is 10.1 Å². The Balaban J connectivity index is 3.10. The molecule has 54 valence electrons. The second kappa shape index (κ2) is 2.21. The molecule has 0 aromatic carbocycles. The maximum atomic E-state index is 4.82. The van der Waals surface area contributed by atoms with Gasteiger partial charge in [0.05, 0.1) is 0 Å². The van der Waals surface area contributed by atoms with Crippen LogP contribution >= 0.6 is 24.4 Å². The first-order valence-electron chi connectivity index (χ1n) is 2.70. The van der Waals surface area contributed by atoms with E-state index in [1.807, 2.05) is 0 Å². The summed E-state index contributed by atoms with van der Waals surface area (Å²) >= 11 is 9.55. The van der Waals surface area contributed by atoms with Crippen LogP contribution in [0.2, 0.25) is 0 Å². The van der Waals surface area contributed by atoms with Gasteiger partial charge >= 0.3 is 0 Å². The van der Waals surface area contributed by atoms with Crippen molar-refractivity contribution in [3.63, 3.8) is 0 Å². The highest BCUT2D eigenvalue weighted by Crippen LogP contribution is 1.82. The zero-order valence-electron chi connectivity index (χ0n) is 5.11. The normalized spacial score (nSPS) is 13.6. The molecule has 0 amide bonds. The van der Waals surface area contributed by atoms with E-state index in [2.05, 4.69) is 25.4 Å². The molecule has 11 heavy (non-hydrogen) atoms. The minimum atomic E-state index is 0.261. The van der Waals surface area contributed by atoms with Crippen molar-refractivity contribution >= 4 is 29.5 Å². The van der Waals surface area contributed by atoms with Gasteiger partial charge in [-0.05, 0) is 12.2 Å². The molecule has 1 aromatic rings. The molecule has 0 bridgehead atoms.